The average molecular weight is 465 g/mol. The van der Waals surface area contributed by atoms with Gasteiger partial charge in [-0.3, -0.25) is 9.59 Å². The van der Waals surface area contributed by atoms with Gasteiger partial charge in [0.1, 0.15) is 12.6 Å². The van der Waals surface area contributed by atoms with Crippen molar-refractivity contribution in [3.63, 3.8) is 0 Å². The first-order valence-electron chi connectivity index (χ1n) is 11.9. The van der Waals surface area contributed by atoms with Gasteiger partial charge < -0.3 is 20.5 Å². The highest BCUT2D eigenvalue weighted by molar-refractivity contribution is 5.86. The number of carboxylic acid groups (broad SMARTS) is 1. The number of benzene rings is 2. The SMILES string of the molecule is CC(C)C[C@H](NC(=O)OCC1c2ccccc2-c2ccccc21)C(=O)NCC1(C(=O)O)CCC1. The van der Waals surface area contributed by atoms with Crippen molar-refractivity contribution in [3.05, 3.63) is 59.7 Å². The third kappa shape index (κ3) is 4.79. The molecule has 7 heteroatoms. The summed E-state index contributed by atoms with van der Waals surface area (Å²) in [6, 6.07) is 15.4. The molecule has 1 saturated carbocycles. The van der Waals surface area contributed by atoms with Crippen molar-refractivity contribution in [2.75, 3.05) is 13.2 Å². The lowest BCUT2D eigenvalue weighted by Gasteiger charge is -2.38. The number of hydrogen-bond donors (Lipinski definition) is 3. The molecule has 2 aromatic carbocycles. The number of carbonyl (C=O) groups excluding carboxylic acids is 2. The number of fused-ring (bicyclic) bond motifs is 3. The van der Waals surface area contributed by atoms with Gasteiger partial charge in [0.25, 0.3) is 0 Å². The van der Waals surface area contributed by atoms with Gasteiger partial charge in [-0.05, 0) is 47.4 Å². The Kier molecular flexibility index (Phi) is 6.91. The van der Waals surface area contributed by atoms with Crippen molar-refractivity contribution in [3.8, 4) is 11.1 Å². The Balaban J connectivity index is 1.38. The maximum atomic E-state index is 12.8. The Morgan fingerprint density at radius 3 is 2.12 bits per heavy atom. The Labute approximate surface area is 199 Å². The highest BCUT2D eigenvalue weighted by Gasteiger charge is 2.44. The fraction of sp³-hybridized carbons (Fsp3) is 0.444. The molecule has 7 nitrogen and oxygen atoms in total. The van der Waals surface area contributed by atoms with Crippen LogP contribution in [-0.2, 0) is 14.3 Å². The van der Waals surface area contributed by atoms with Crippen LogP contribution in [-0.4, -0.2) is 42.3 Å². The molecule has 0 bridgehead atoms. The number of nitrogens with one attached hydrogen (secondary N) is 2. The maximum Gasteiger partial charge on any atom is 0.407 e. The Hall–Kier alpha value is -3.35. The van der Waals surface area contributed by atoms with Crippen LogP contribution in [0.2, 0.25) is 0 Å². The van der Waals surface area contributed by atoms with Crippen LogP contribution in [0.5, 0.6) is 0 Å². The Morgan fingerprint density at radius 1 is 1.03 bits per heavy atom. The summed E-state index contributed by atoms with van der Waals surface area (Å²) in [6.45, 7) is 4.16. The fourth-order valence-corrected chi connectivity index (χ4v) is 4.93. The minimum Gasteiger partial charge on any atom is -0.481 e. The second-order valence-electron chi connectivity index (χ2n) is 9.81. The molecule has 2 aliphatic rings. The number of ether oxygens (including phenoxy) is 1. The van der Waals surface area contributed by atoms with Crippen LogP contribution >= 0.6 is 0 Å². The molecule has 0 radical (unpaired) electrons. The van der Waals surface area contributed by atoms with E-state index in [2.05, 4.69) is 34.9 Å². The summed E-state index contributed by atoms with van der Waals surface area (Å²) in [5, 5.41) is 15.0. The first kappa shape index (κ1) is 23.8. The summed E-state index contributed by atoms with van der Waals surface area (Å²) >= 11 is 0. The number of rotatable bonds is 9. The number of carboxylic acids is 1. The van der Waals surface area contributed by atoms with Gasteiger partial charge in [-0.25, -0.2) is 4.79 Å². The van der Waals surface area contributed by atoms with Crippen molar-refractivity contribution >= 4 is 18.0 Å². The van der Waals surface area contributed by atoms with Crippen LogP contribution in [0.3, 0.4) is 0 Å². The minimum absolute atomic E-state index is 0.0652. The number of carbonyl (C=O) groups is 3. The molecule has 3 N–H and O–H groups in total. The van der Waals surface area contributed by atoms with E-state index in [9.17, 15) is 19.5 Å². The van der Waals surface area contributed by atoms with E-state index in [0.717, 1.165) is 28.7 Å². The first-order chi connectivity index (χ1) is 16.3. The average Bonchev–Trinajstić information content (AvgIpc) is 3.09. The topological polar surface area (TPSA) is 105 Å². The molecular weight excluding hydrogens is 432 g/mol. The lowest BCUT2D eigenvalue weighted by molar-refractivity contribution is -0.154. The zero-order valence-corrected chi connectivity index (χ0v) is 19.7. The second kappa shape index (κ2) is 9.87. The van der Waals surface area contributed by atoms with Gasteiger partial charge >= 0.3 is 12.1 Å². The van der Waals surface area contributed by atoms with E-state index < -0.39 is 23.5 Å². The lowest BCUT2D eigenvalue weighted by atomic mass is 9.69. The van der Waals surface area contributed by atoms with Crippen LogP contribution in [0.1, 0.15) is 56.6 Å². The van der Waals surface area contributed by atoms with Gasteiger partial charge in [-0.2, -0.15) is 0 Å². The summed E-state index contributed by atoms with van der Waals surface area (Å²) in [4.78, 5) is 37.1. The van der Waals surface area contributed by atoms with Gasteiger partial charge in [0.2, 0.25) is 5.91 Å². The molecule has 2 aliphatic carbocycles. The normalized spacial score (nSPS) is 16.7. The molecule has 2 amide bonds. The van der Waals surface area contributed by atoms with Crippen LogP contribution in [0.15, 0.2) is 48.5 Å². The van der Waals surface area contributed by atoms with Crippen LogP contribution in [0.4, 0.5) is 4.79 Å². The smallest absolute Gasteiger partial charge is 0.407 e. The van der Waals surface area contributed by atoms with Gasteiger partial charge in [0, 0.05) is 12.5 Å². The third-order valence-electron chi connectivity index (χ3n) is 7.02. The van der Waals surface area contributed by atoms with Gasteiger partial charge in [-0.1, -0.05) is 68.8 Å². The highest BCUT2D eigenvalue weighted by Crippen LogP contribution is 2.44. The molecule has 1 atom stereocenters. The van der Waals surface area contributed by atoms with Gasteiger partial charge in [-0.15, -0.1) is 0 Å². The molecule has 34 heavy (non-hydrogen) atoms. The molecule has 2 aromatic rings. The molecule has 0 aromatic heterocycles. The van der Waals surface area contributed by atoms with E-state index in [1.807, 2.05) is 38.1 Å². The zero-order valence-electron chi connectivity index (χ0n) is 19.7. The number of hydrogen-bond acceptors (Lipinski definition) is 4. The summed E-state index contributed by atoms with van der Waals surface area (Å²) in [6.07, 6.45) is 1.72. The number of aliphatic carboxylic acids is 1. The van der Waals surface area contributed by atoms with Gasteiger partial charge in [0.05, 0.1) is 5.41 Å². The monoisotopic (exact) mass is 464 g/mol. The van der Waals surface area contributed by atoms with E-state index in [1.165, 1.54) is 0 Å². The van der Waals surface area contributed by atoms with Crippen molar-refractivity contribution in [2.45, 2.75) is 51.5 Å². The van der Waals surface area contributed by atoms with Crippen molar-refractivity contribution in [1.29, 1.82) is 0 Å². The van der Waals surface area contributed by atoms with Crippen LogP contribution < -0.4 is 10.6 Å². The number of alkyl carbamates (subject to hydrolysis) is 1. The summed E-state index contributed by atoms with van der Waals surface area (Å²) < 4.78 is 5.59. The predicted octanol–water partition coefficient (Wildman–Crippen LogP) is 4.31. The van der Waals surface area contributed by atoms with E-state index in [-0.39, 0.29) is 30.9 Å². The summed E-state index contributed by atoms with van der Waals surface area (Å²) in [5.74, 6) is -1.18. The van der Waals surface area contributed by atoms with E-state index in [4.69, 9.17) is 4.74 Å². The highest BCUT2D eigenvalue weighted by atomic mass is 16.5. The van der Waals surface area contributed by atoms with Crippen LogP contribution in [0, 0.1) is 11.3 Å². The number of amides is 2. The molecular formula is C27H32N2O5. The Bertz CT molecular complexity index is 1030. The molecule has 0 saturated heterocycles. The van der Waals surface area contributed by atoms with E-state index in [1.54, 1.807) is 0 Å². The fourth-order valence-electron chi connectivity index (χ4n) is 4.93. The molecule has 180 valence electrons. The van der Waals surface area contributed by atoms with Crippen LogP contribution in [0.25, 0.3) is 11.1 Å². The van der Waals surface area contributed by atoms with Gasteiger partial charge in [0.15, 0.2) is 0 Å². The summed E-state index contributed by atoms with van der Waals surface area (Å²) in [7, 11) is 0. The zero-order chi connectivity index (χ0) is 24.3. The van der Waals surface area contributed by atoms with E-state index in [0.29, 0.717) is 19.3 Å². The second-order valence-corrected chi connectivity index (χ2v) is 9.81. The van der Waals surface area contributed by atoms with E-state index >= 15 is 0 Å². The first-order valence-corrected chi connectivity index (χ1v) is 11.9. The summed E-state index contributed by atoms with van der Waals surface area (Å²) in [5.41, 5.74) is 3.64. The maximum absolute atomic E-state index is 12.8. The molecule has 1 fully saturated rings. The van der Waals surface area contributed by atoms with Crippen molar-refractivity contribution in [1.82, 2.24) is 10.6 Å². The molecule has 4 rings (SSSR count). The minimum atomic E-state index is -0.887. The molecule has 0 aliphatic heterocycles. The molecule has 0 spiro atoms. The molecule has 0 heterocycles. The van der Waals surface area contributed by atoms with Crippen molar-refractivity contribution in [2.24, 2.45) is 11.3 Å². The lowest BCUT2D eigenvalue weighted by Crippen LogP contribution is -2.53. The van der Waals surface area contributed by atoms with Crippen molar-refractivity contribution < 1.29 is 24.2 Å². The third-order valence-corrected chi connectivity index (χ3v) is 7.02. The quantitative estimate of drug-likeness (QED) is 0.513. The standard InChI is InChI=1S/C27H32N2O5/c1-17(2)14-23(24(30)28-16-27(25(31)32)12-7-13-27)29-26(33)34-15-22-20-10-5-3-8-18(20)19-9-4-6-11-21(19)22/h3-6,8-11,17,22-23H,7,12-16H2,1-2H3,(H,28,30)(H,29,33)(H,31,32)/t23-/m0/s1. The predicted molar refractivity (Wildman–Crippen MR) is 128 cm³/mol. The molecule has 0 unspecified atom stereocenters. The largest absolute Gasteiger partial charge is 0.481 e. The Morgan fingerprint density at radius 2 is 1.62 bits per heavy atom.